The predicted octanol–water partition coefficient (Wildman–Crippen LogP) is 1.61. The van der Waals surface area contributed by atoms with Crippen LogP contribution < -0.4 is 0 Å². The molecule has 0 saturated heterocycles. The zero-order chi connectivity index (χ0) is 7.61. The van der Waals surface area contributed by atoms with Crippen molar-refractivity contribution in [2.24, 2.45) is 5.41 Å². The Morgan fingerprint density at radius 3 is 2.09 bits per heavy atom. The van der Waals surface area contributed by atoms with Crippen molar-refractivity contribution >= 4 is 36.9 Å². The van der Waals surface area contributed by atoms with Gasteiger partial charge in [-0.3, -0.25) is 0 Å². The van der Waals surface area contributed by atoms with Gasteiger partial charge in [0.05, 0.1) is 0 Å². The molecule has 0 aromatic carbocycles. The molecule has 1 aliphatic heterocycles. The number of allylic oxidation sites excluding steroid dienone is 4. The van der Waals surface area contributed by atoms with Gasteiger partial charge in [-0.15, -0.1) is 0 Å². The van der Waals surface area contributed by atoms with E-state index in [0.717, 1.165) is 0 Å². The quantitative estimate of drug-likeness (QED) is 0.588. The van der Waals surface area contributed by atoms with E-state index in [-0.39, 0.29) is 32.1 Å². The molecule has 60 valence electrons. The van der Waals surface area contributed by atoms with Gasteiger partial charge in [-0.2, -0.15) is 0 Å². The van der Waals surface area contributed by atoms with Crippen molar-refractivity contribution in [3.05, 3.63) is 22.6 Å². The molecule has 0 unspecified atom stereocenters. The summed E-state index contributed by atoms with van der Waals surface area (Å²) in [6.45, 7) is 6.86. The summed E-state index contributed by atoms with van der Waals surface area (Å²) in [6.07, 6.45) is 6.59. The number of hydrogen-bond acceptors (Lipinski definition) is 0. The molecule has 0 atom stereocenters. The minimum atomic E-state index is 0. The first-order valence-corrected chi connectivity index (χ1v) is 5.84. The van der Waals surface area contributed by atoms with Gasteiger partial charge in [0.2, 0.25) is 0 Å². The Morgan fingerprint density at radius 2 is 1.82 bits per heavy atom. The van der Waals surface area contributed by atoms with E-state index < -0.39 is 0 Å². The SMILES string of the molecule is CC(C)(C)[C]1=CC=C[CH]=[Ge]1.[Se-]. The zero-order valence-electron chi connectivity index (χ0n) is 7.22. The average Bonchev–Trinajstić information content (AvgIpc) is 1.88. The minimum Gasteiger partial charge on any atom is -1.00 e. The van der Waals surface area contributed by atoms with Gasteiger partial charge in [0.15, 0.2) is 0 Å². The van der Waals surface area contributed by atoms with Crippen LogP contribution in [-0.2, 0) is 0 Å². The summed E-state index contributed by atoms with van der Waals surface area (Å²) < 4.78 is 1.65. The van der Waals surface area contributed by atoms with Crippen molar-refractivity contribution in [1.82, 2.24) is 0 Å². The molecule has 0 nitrogen and oxygen atoms in total. The number of rotatable bonds is 0. The Hall–Kier alpha value is 0.412. The molecule has 0 aromatic rings. The molecule has 2 heteroatoms. The monoisotopic (exact) mass is 275 g/mol. The second-order valence-corrected chi connectivity index (χ2v) is 5.96. The van der Waals surface area contributed by atoms with E-state index in [1.165, 1.54) is 0 Å². The Kier molecular flexibility index (Phi) is 4.61. The van der Waals surface area contributed by atoms with Crippen LogP contribution in [-0.4, -0.2) is 36.9 Å². The minimum absolute atomic E-state index is 0. The molecule has 2 radical (unpaired) electrons. The third-order valence-electron chi connectivity index (χ3n) is 1.52. The summed E-state index contributed by atoms with van der Waals surface area (Å²) in [5.41, 5.74) is 0.404. The molecule has 1 rings (SSSR count). The van der Waals surface area contributed by atoms with Crippen molar-refractivity contribution < 1.29 is 0 Å². The van der Waals surface area contributed by atoms with Crippen LogP contribution in [0.3, 0.4) is 0 Å². The fraction of sp³-hybridized carbons (Fsp3) is 0.444. The first-order valence-electron chi connectivity index (χ1n) is 3.58. The molecule has 0 N–H and O–H groups in total. The summed E-state index contributed by atoms with van der Waals surface area (Å²) in [7, 11) is 0. The Bertz CT molecular complexity index is 206. The summed E-state index contributed by atoms with van der Waals surface area (Å²) in [5, 5.41) is 0. The van der Waals surface area contributed by atoms with Gasteiger partial charge in [0.1, 0.15) is 0 Å². The van der Waals surface area contributed by atoms with Crippen LogP contribution in [0.2, 0.25) is 0 Å². The van der Waals surface area contributed by atoms with Gasteiger partial charge >= 0.3 is 68.7 Å². The molecule has 0 spiro atoms. The van der Waals surface area contributed by atoms with E-state index in [9.17, 15) is 0 Å². The second kappa shape index (κ2) is 4.44. The third-order valence-corrected chi connectivity index (χ3v) is 4.85. The van der Waals surface area contributed by atoms with E-state index in [0.29, 0.717) is 5.41 Å². The van der Waals surface area contributed by atoms with Crippen molar-refractivity contribution in [1.29, 1.82) is 0 Å². The van der Waals surface area contributed by atoms with Crippen molar-refractivity contribution in [3.8, 4) is 0 Å². The Labute approximate surface area is 85.6 Å². The van der Waals surface area contributed by atoms with Crippen molar-refractivity contribution in [2.75, 3.05) is 0 Å². The smallest absolute Gasteiger partial charge is 1.00 e. The maximum atomic E-state index is 2.33. The van der Waals surface area contributed by atoms with E-state index in [4.69, 9.17) is 0 Å². The fourth-order valence-corrected chi connectivity index (χ4v) is 2.98. The van der Waals surface area contributed by atoms with Crippen LogP contribution in [0.15, 0.2) is 22.6 Å². The Morgan fingerprint density at radius 1 is 1.18 bits per heavy atom. The van der Waals surface area contributed by atoms with Crippen LogP contribution in [0, 0.1) is 5.41 Å². The fourth-order valence-electron chi connectivity index (χ4n) is 0.860. The summed E-state index contributed by atoms with van der Waals surface area (Å²) in [6, 6.07) is 0. The van der Waals surface area contributed by atoms with Gasteiger partial charge in [-0.05, 0) is 0 Å². The van der Waals surface area contributed by atoms with Gasteiger partial charge in [0.25, 0.3) is 0 Å². The van der Waals surface area contributed by atoms with E-state index in [1.807, 2.05) is 0 Å². The first-order chi connectivity index (χ1) is 4.61. The van der Waals surface area contributed by atoms with Crippen molar-refractivity contribution in [3.63, 3.8) is 0 Å². The van der Waals surface area contributed by atoms with Crippen LogP contribution in [0.5, 0.6) is 0 Å². The summed E-state index contributed by atoms with van der Waals surface area (Å²) >= 11 is 0.0833. The standard InChI is InChI=1S/C9H13Ge.Se/c1-9(2,3)8-6-4-5-7-10-8;/h4-7H,1-3H3;/q;-1. The summed E-state index contributed by atoms with van der Waals surface area (Å²) in [5.74, 6) is 0. The van der Waals surface area contributed by atoms with Gasteiger partial charge < -0.3 is 17.1 Å². The molecule has 1 aliphatic rings. The largest absolute Gasteiger partial charge is 1.00 e. The number of hydrogen-bond donors (Lipinski definition) is 0. The summed E-state index contributed by atoms with van der Waals surface area (Å²) in [4.78, 5) is 2.33. The molecule has 0 fully saturated rings. The molecule has 0 saturated carbocycles. The average molecular weight is 273 g/mol. The molecular weight excluding hydrogens is 260 g/mol. The maximum absolute atomic E-state index is 2.33. The van der Waals surface area contributed by atoms with E-state index in [2.05, 4.69) is 43.9 Å². The molecule has 0 aliphatic carbocycles. The zero-order valence-corrected chi connectivity index (χ0v) is 11.0. The van der Waals surface area contributed by atoms with Gasteiger partial charge in [0, 0.05) is 0 Å². The topological polar surface area (TPSA) is 0 Å². The second-order valence-electron chi connectivity index (χ2n) is 3.53. The third kappa shape index (κ3) is 3.55. The molecule has 1 heterocycles. The molecule has 11 heavy (non-hydrogen) atoms. The van der Waals surface area contributed by atoms with Gasteiger partial charge in [-0.1, -0.05) is 0 Å². The van der Waals surface area contributed by atoms with Crippen molar-refractivity contribution in [2.45, 2.75) is 20.8 Å². The van der Waals surface area contributed by atoms with Crippen LogP contribution in [0.4, 0.5) is 0 Å². The molecule has 0 amide bonds. The first kappa shape index (κ1) is 11.4. The predicted molar refractivity (Wildman–Crippen MR) is 54.3 cm³/mol. The Balaban J connectivity index is 0.000001000. The van der Waals surface area contributed by atoms with Gasteiger partial charge in [-0.25, -0.2) is 0 Å². The van der Waals surface area contributed by atoms with Crippen LogP contribution >= 0.6 is 0 Å². The van der Waals surface area contributed by atoms with Crippen LogP contribution in [0.1, 0.15) is 20.8 Å². The van der Waals surface area contributed by atoms with E-state index >= 15 is 0 Å². The van der Waals surface area contributed by atoms with Crippen LogP contribution in [0.25, 0.3) is 0 Å². The molecular formula is C9H13GeSe-. The normalized spacial score (nSPS) is 15.7. The van der Waals surface area contributed by atoms with E-state index in [1.54, 1.807) is 4.41 Å². The maximum Gasteiger partial charge on any atom is -1.00 e. The molecule has 0 bridgehead atoms. The molecule has 0 aromatic heterocycles.